The molecular weight excluding hydrogens is 278 g/mol. The molecule has 2 aromatic carbocycles. The Bertz CT molecular complexity index is 635. The van der Waals surface area contributed by atoms with Gasteiger partial charge >= 0.3 is 0 Å². The van der Waals surface area contributed by atoms with E-state index in [4.69, 9.17) is 11.6 Å². The standard InChI is InChI=1S/C19H22ClN/c1-3-21-19(12-15-9-8-13(2)10-18(15)20)17-11-14-6-4-5-7-16(14)17/h4-10,17,19,21H,3,11-12H2,1-2H3. The zero-order valence-corrected chi connectivity index (χ0v) is 13.5. The number of aryl methyl sites for hydroxylation is 1. The summed E-state index contributed by atoms with van der Waals surface area (Å²) in [5, 5.41) is 4.55. The molecule has 1 aliphatic carbocycles. The van der Waals surface area contributed by atoms with E-state index in [9.17, 15) is 0 Å². The first-order valence-corrected chi connectivity index (χ1v) is 8.13. The van der Waals surface area contributed by atoms with E-state index in [1.807, 2.05) is 0 Å². The lowest BCUT2D eigenvalue weighted by atomic mass is 9.72. The van der Waals surface area contributed by atoms with Crippen molar-refractivity contribution in [2.45, 2.75) is 38.6 Å². The van der Waals surface area contributed by atoms with Gasteiger partial charge in [-0.3, -0.25) is 0 Å². The summed E-state index contributed by atoms with van der Waals surface area (Å²) in [6.07, 6.45) is 2.17. The molecule has 110 valence electrons. The van der Waals surface area contributed by atoms with Gasteiger partial charge in [0.1, 0.15) is 0 Å². The van der Waals surface area contributed by atoms with Crippen LogP contribution in [0.5, 0.6) is 0 Å². The number of hydrogen-bond acceptors (Lipinski definition) is 1. The fraction of sp³-hybridized carbons (Fsp3) is 0.368. The van der Waals surface area contributed by atoms with Gasteiger partial charge in [-0.15, -0.1) is 0 Å². The summed E-state index contributed by atoms with van der Waals surface area (Å²) in [4.78, 5) is 0. The van der Waals surface area contributed by atoms with Gasteiger partial charge in [-0.2, -0.15) is 0 Å². The first-order chi connectivity index (χ1) is 10.2. The molecule has 0 amide bonds. The topological polar surface area (TPSA) is 12.0 Å². The molecule has 21 heavy (non-hydrogen) atoms. The predicted octanol–water partition coefficient (Wildman–Crippen LogP) is 4.51. The van der Waals surface area contributed by atoms with E-state index in [0.717, 1.165) is 18.0 Å². The third kappa shape index (κ3) is 3.00. The van der Waals surface area contributed by atoms with Crippen LogP contribution in [0, 0.1) is 6.92 Å². The summed E-state index contributed by atoms with van der Waals surface area (Å²) in [5.74, 6) is 0.610. The Morgan fingerprint density at radius 2 is 2.05 bits per heavy atom. The molecule has 1 N–H and O–H groups in total. The first kappa shape index (κ1) is 14.6. The Morgan fingerprint density at radius 1 is 1.24 bits per heavy atom. The third-order valence-electron chi connectivity index (χ3n) is 4.49. The van der Waals surface area contributed by atoms with Crippen LogP contribution in [0.25, 0.3) is 0 Å². The van der Waals surface area contributed by atoms with Crippen LogP contribution in [-0.4, -0.2) is 12.6 Å². The second-order valence-electron chi connectivity index (χ2n) is 5.97. The Hall–Kier alpha value is -1.31. The Labute approximate surface area is 132 Å². The summed E-state index contributed by atoms with van der Waals surface area (Å²) in [5.41, 5.74) is 5.47. The molecule has 0 bridgehead atoms. The average Bonchev–Trinajstić information content (AvgIpc) is 2.43. The molecular formula is C19H22ClN. The van der Waals surface area contributed by atoms with E-state index in [2.05, 4.69) is 61.6 Å². The lowest BCUT2D eigenvalue weighted by Crippen LogP contribution is -2.41. The molecule has 0 heterocycles. The van der Waals surface area contributed by atoms with Crippen molar-refractivity contribution in [3.05, 3.63) is 69.7 Å². The molecule has 2 aromatic rings. The van der Waals surface area contributed by atoms with Crippen LogP contribution in [0.3, 0.4) is 0 Å². The van der Waals surface area contributed by atoms with Crippen LogP contribution >= 0.6 is 11.6 Å². The first-order valence-electron chi connectivity index (χ1n) is 7.75. The Kier molecular flexibility index (Phi) is 4.32. The number of nitrogens with one attached hydrogen (secondary N) is 1. The summed E-state index contributed by atoms with van der Waals surface area (Å²) in [6, 6.07) is 15.6. The van der Waals surface area contributed by atoms with Crippen molar-refractivity contribution in [1.82, 2.24) is 5.32 Å². The molecule has 0 fully saturated rings. The van der Waals surface area contributed by atoms with E-state index in [0.29, 0.717) is 12.0 Å². The zero-order chi connectivity index (χ0) is 14.8. The summed E-state index contributed by atoms with van der Waals surface area (Å²) >= 11 is 6.41. The van der Waals surface area contributed by atoms with Crippen LogP contribution in [0.1, 0.15) is 35.1 Å². The number of rotatable bonds is 5. The molecule has 0 aromatic heterocycles. The molecule has 0 radical (unpaired) electrons. The third-order valence-corrected chi connectivity index (χ3v) is 4.85. The summed E-state index contributed by atoms with van der Waals surface area (Å²) in [7, 11) is 0. The van der Waals surface area contributed by atoms with E-state index in [1.165, 1.54) is 28.7 Å². The maximum Gasteiger partial charge on any atom is 0.0441 e. The van der Waals surface area contributed by atoms with Gasteiger partial charge < -0.3 is 5.32 Å². The number of halogens is 1. The predicted molar refractivity (Wildman–Crippen MR) is 90.2 cm³/mol. The molecule has 2 heteroatoms. The van der Waals surface area contributed by atoms with Crippen molar-refractivity contribution >= 4 is 11.6 Å². The Balaban J connectivity index is 1.80. The van der Waals surface area contributed by atoms with Crippen molar-refractivity contribution in [2.24, 2.45) is 0 Å². The normalized spacial score (nSPS) is 18.0. The number of fused-ring (bicyclic) bond motifs is 1. The smallest absolute Gasteiger partial charge is 0.0441 e. The van der Waals surface area contributed by atoms with Crippen molar-refractivity contribution < 1.29 is 0 Å². The second kappa shape index (κ2) is 6.21. The second-order valence-corrected chi connectivity index (χ2v) is 6.38. The highest BCUT2D eigenvalue weighted by Crippen LogP contribution is 2.38. The molecule has 1 aliphatic rings. The van der Waals surface area contributed by atoms with Gasteiger partial charge in [0, 0.05) is 17.0 Å². The highest BCUT2D eigenvalue weighted by molar-refractivity contribution is 6.31. The molecule has 0 spiro atoms. The minimum absolute atomic E-state index is 0.463. The molecule has 1 nitrogen and oxygen atoms in total. The molecule has 2 atom stereocenters. The van der Waals surface area contributed by atoms with Gasteiger partial charge in [0.2, 0.25) is 0 Å². The monoisotopic (exact) mass is 299 g/mol. The largest absolute Gasteiger partial charge is 0.313 e. The fourth-order valence-electron chi connectivity index (χ4n) is 3.33. The number of hydrogen-bond donors (Lipinski definition) is 1. The van der Waals surface area contributed by atoms with E-state index in [-0.39, 0.29) is 0 Å². The van der Waals surface area contributed by atoms with Gasteiger partial charge in [-0.25, -0.2) is 0 Å². The fourth-order valence-corrected chi connectivity index (χ4v) is 3.64. The SMILES string of the molecule is CCNC(Cc1ccc(C)cc1Cl)C1Cc2ccccc21. The van der Waals surface area contributed by atoms with Crippen molar-refractivity contribution in [1.29, 1.82) is 0 Å². The van der Waals surface area contributed by atoms with Gasteiger partial charge in [0.15, 0.2) is 0 Å². The van der Waals surface area contributed by atoms with E-state index in [1.54, 1.807) is 0 Å². The van der Waals surface area contributed by atoms with Gasteiger partial charge in [-0.1, -0.05) is 54.9 Å². The molecule has 3 rings (SSSR count). The minimum Gasteiger partial charge on any atom is -0.313 e. The van der Waals surface area contributed by atoms with Crippen LogP contribution < -0.4 is 5.32 Å². The molecule has 0 saturated carbocycles. The summed E-state index contributed by atoms with van der Waals surface area (Å²) in [6.45, 7) is 5.25. The zero-order valence-electron chi connectivity index (χ0n) is 12.7. The highest BCUT2D eigenvalue weighted by Gasteiger charge is 2.32. The summed E-state index contributed by atoms with van der Waals surface area (Å²) < 4.78 is 0. The van der Waals surface area contributed by atoms with Crippen molar-refractivity contribution in [3.63, 3.8) is 0 Å². The van der Waals surface area contributed by atoms with Crippen LogP contribution in [0.2, 0.25) is 5.02 Å². The quantitative estimate of drug-likeness (QED) is 0.856. The Morgan fingerprint density at radius 3 is 2.76 bits per heavy atom. The molecule has 2 unspecified atom stereocenters. The van der Waals surface area contributed by atoms with Gasteiger partial charge in [0.25, 0.3) is 0 Å². The maximum absolute atomic E-state index is 6.41. The average molecular weight is 300 g/mol. The number of likely N-dealkylation sites (N-methyl/N-ethyl adjacent to an activating group) is 1. The number of benzene rings is 2. The van der Waals surface area contributed by atoms with E-state index >= 15 is 0 Å². The van der Waals surface area contributed by atoms with E-state index < -0.39 is 0 Å². The molecule has 0 saturated heterocycles. The van der Waals surface area contributed by atoms with Crippen LogP contribution in [0.15, 0.2) is 42.5 Å². The van der Waals surface area contributed by atoms with Crippen molar-refractivity contribution in [3.8, 4) is 0 Å². The van der Waals surface area contributed by atoms with Gasteiger partial charge in [0.05, 0.1) is 0 Å². The van der Waals surface area contributed by atoms with Gasteiger partial charge in [-0.05, 0) is 54.6 Å². The van der Waals surface area contributed by atoms with Crippen molar-refractivity contribution in [2.75, 3.05) is 6.54 Å². The maximum atomic E-state index is 6.41. The highest BCUT2D eigenvalue weighted by atomic mass is 35.5. The van der Waals surface area contributed by atoms with Crippen LogP contribution in [0.4, 0.5) is 0 Å². The lowest BCUT2D eigenvalue weighted by Gasteiger charge is -2.37. The molecule has 0 aliphatic heterocycles. The van der Waals surface area contributed by atoms with Crippen LogP contribution in [-0.2, 0) is 12.8 Å². The minimum atomic E-state index is 0.463. The lowest BCUT2D eigenvalue weighted by molar-refractivity contribution is 0.405.